The van der Waals surface area contributed by atoms with Crippen molar-refractivity contribution in [3.8, 4) is 5.75 Å². The molecular formula is C23H29BrN2O3. The van der Waals surface area contributed by atoms with E-state index in [0.29, 0.717) is 31.2 Å². The standard InChI is InChI=1S/C23H29BrN2O3/c1-17(2)15-25-23(28)18(3)26(14-13-19-7-5-4-6-8-19)22(27)16-29-21-11-9-20(24)10-12-21/h4-12,17-18H,13-16H2,1-3H3,(H,25,28). The van der Waals surface area contributed by atoms with E-state index in [4.69, 9.17) is 4.74 Å². The molecule has 0 heterocycles. The van der Waals surface area contributed by atoms with E-state index in [1.54, 1.807) is 24.0 Å². The van der Waals surface area contributed by atoms with E-state index in [1.165, 1.54) is 0 Å². The summed E-state index contributed by atoms with van der Waals surface area (Å²) in [6.07, 6.45) is 0.673. The molecule has 1 unspecified atom stereocenters. The number of hydrogen-bond acceptors (Lipinski definition) is 3. The van der Waals surface area contributed by atoms with Gasteiger partial charge in [0.05, 0.1) is 0 Å². The van der Waals surface area contributed by atoms with Crippen molar-refractivity contribution < 1.29 is 14.3 Å². The number of nitrogens with zero attached hydrogens (tertiary/aromatic N) is 1. The monoisotopic (exact) mass is 460 g/mol. The maximum atomic E-state index is 12.9. The molecule has 1 N–H and O–H groups in total. The Morgan fingerprint density at radius 1 is 1.03 bits per heavy atom. The van der Waals surface area contributed by atoms with Gasteiger partial charge in [-0.05, 0) is 49.1 Å². The number of carbonyl (C=O) groups excluding carboxylic acids is 2. The van der Waals surface area contributed by atoms with Crippen LogP contribution >= 0.6 is 15.9 Å². The second-order valence-electron chi connectivity index (χ2n) is 7.38. The van der Waals surface area contributed by atoms with Gasteiger partial charge in [0.1, 0.15) is 11.8 Å². The molecule has 5 nitrogen and oxygen atoms in total. The Kier molecular flexibility index (Phi) is 9.19. The van der Waals surface area contributed by atoms with Crippen molar-refractivity contribution in [3.05, 3.63) is 64.6 Å². The average Bonchev–Trinajstić information content (AvgIpc) is 2.72. The van der Waals surface area contributed by atoms with Gasteiger partial charge in [0, 0.05) is 17.6 Å². The maximum Gasteiger partial charge on any atom is 0.261 e. The lowest BCUT2D eigenvalue weighted by molar-refractivity contribution is -0.141. The van der Waals surface area contributed by atoms with Crippen molar-refractivity contribution in [1.29, 1.82) is 0 Å². The summed E-state index contributed by atoms with van der Waals surface area (Å²) < 4.78 is 6.58. The molecule has 2 aromatic carbocycles. The highest BCUT2D eigenvalue weighted by Crippen LogP contribution is 2.16. The third-order valence-corrected chi connectivity index (χ3v) is 5.04. The Hall–Kier alpha value is -2.34. The smallest absolute Gasteiger partial charge is 0.261 e. The zero-order valence-electron chi connectivity index (χ0n) is 17.2. The van der Waals surface area contributed by atoms with E-state index in [0.717, 1.165) is 10.0 Å². The van der Waals surface area contributed by atoms with E-state index < -0.39 is 6.04 Å². The highest BCUT2D eigenvalue weighted by molar-refractivity contribution is 9.10. The molecule has 1 atom stereocenters. The number of rotatable bonds is 10. The highest BCUT2D eigenvalue weighted by Gasteiger charge is 2.26. The molecule has 0 aromatic heterocycles. The van der Waals surface area contributed by atoms with E-state index >= 15 is 0 Å². The van der Waals surface area contributed by atoms with Crippen LogP contribution in [0.1, 0.15) is 26.3 Å². The summed E-state index contributed by atoms with van der Waals surface area (Å²) in [4.78, 5) is 27.1. The highest BCUT2D eigenvalue weighted by atomic mass is 79.9. The number of ether oxygens (including phenoxy) is 1. The van der Waals surface area contributed by atoms with Gasteiger partial charge >= 0.3 is 0 Å². The summed E-state index contributed by atoms with van der Waals surface area (Å²) in [5.74, 6) is 0.599. The van der Waals surface area contributed by atoms with Crippen LogP contribution in [0.25, 0.3) is 0 Å². The van der Waals surface area contributed by atoms with Gasteiger partial charge in [0.15, 0.2) is 6.61 Å². The molecule has 2 amide bonds. The van der Waals surface area contributed by atoms with Crippen molar-refractivity contribution in [2.75, 3.05) is 19.7 Å². The summed E-state index contributed by atoms with van der Waals surface area (Å²) in [6, 6.07) is 16.7. The van der Waals surface area contributed by atoms with Gasteiger partial charge in [-0.3, -0.25) is 9.59 Å². The molecule has 6 heteroatoms. The predicted octanol–water partition coefficient (Wildman–Crippen LogP) is 4.06. The van der Waals surface area contributed by atoms with Crippen LogP contribution in [-0.4, -0.2) is 42.5 Å². The number of hydrogen-bond donors (Lipinski definition) is 1. The summed E-state index contributed by atoms with van der Waals surface area (Å²) in [7, 11) is 0. The van der Waals surface area contributed by atoms with E-state index in [1.807, 2.05) is 56.3 Å². The molecule has 0 aliphatic heterocycles. The molecule has 156 valence electrons. The van der Waals surface area contributed by atoms with Gasteiger partial charge in [-0.25, -0.2) is 0 Å². The summed E-state index contributed by atoms with van der Waals surface area (Å²) in [6.45, 7) is 6.75. The lowest BCUT2D eigenvalue weighted by atomic mass is 10.1. The summed E-state index contributed by atoms with van der Waals surface area (Å²) in [5.41, 5.74) is 1.12. The number of halogens is 1. The summed E-state index contributed by atoms with van der Waals surface area (Å²) in [5, 5.41) is 2.92. The first-order valence-corrected chi connectivity index (χ1v) is 10.7. The Morgan fingerprint density at radius 3 is 2.31 bits per heavy atom. The van der Waals surface area contributed by atoms with Crippen LogP contribution in [-0.2, 0) is 16.0 Å². The molecule has 0 saturated carbocycles. The van der Waals surface area contributed by atoms with Gasteiger partial charge in [-0.1, -0.05) is 60.1 Å². The van der Waals surface area contributed by atoms with Crippen LogP contribution in [0.2, 0.25) is 0 Å². The molecule has 29 heavy (non-hydrogen) atoms. The van der Waals surface area contributed by atoms with Crippen molar-refractivity contribution in [1.82, 2.24) is 10.2 Å². The first-order chi connectivity index (χ1) is 13.9. The zero-order chi connectivity index (χ0) is 21.2. The number of nitrogens with one attached hydrogen (secondary N) is 1. The van der Waals surface area contributed by atoms with E-state index in [2.05, 4.69) is 21.2 Å². The number of carbonyl (C=O) groups is 2. The van der Waals surface area contributed by atoms with Crippen LogP contribution < -0.4 is 10.1 Å². The SMILES string of the molecule is CC(C)CNC(=O)C(C)N(CCc1ccccc1)C(=O)COc1ccc(Br)cc1. The van der Waals surface area contributed by atoms with Crippen molar-refractivity contribution in [3.63, 3.8) is 0 Å². The number of amides is 2. The van der Waals surface area contributed by atoms with Crippen molar-refractivity contribution >= 4 is 27.7 Å². The normalized spacial score (nSPS) is 11.8. The molecule has 2 rings (SSSR count). The fourth-order valence-corrected chi connectivity index (χ4v) is 3.05. The minimum atomic E-state index is -0.571. The average molecular weight is 461 g/mol. The van der Waals surface area contributed by atoms with E-state index in [9.17, 15) is 9.59 Å². The maximum absolute atomic E-state index is 12.9. The fraction of sp³-hybridized carbons (Fsp3) is 0.391. The van der Waals surface area contributed by atoms with E-state index in [-0.39, 0.29) is 18.4 Å². The van der Waals surface area contributed by atoms with Crippen LogP contribution in [0.15, 0.2) is 59.1 Å². The molecule has 0 spiro atoms. The third kappa shape index (κ3) is 7.89. The molecule has 0 aliphatic carbocycles. The Balaban J connectivity index is 2.03. The van der Waals surface area contributed by atoms with Crippen LogP contribution in [0.5, 0.6) is 5.75 Å². The van der Waals surface area contributed by atoms with Gasteiger partial charge in [-0.15, -0.1) is 0 Å². The third-order valence-electron chi connectivity index (χ3n) is 4.51. The molecule has 2 aromatic rings. The van der Waals surface area contributed by atoms with Gasteiger partial charge in [0.25, 0.3) is 5.91 Å². The molecule has 0 bridgehead atoms. The Labute approximate surface area is 181 Å². The quantitative estimate of drug-likeness (QED) is 0.581. The van der Waals surface area contributed by atoms with Crippen LogP contribution in [0, 0.1) is 5.92 Å². The first-order valence-electron chi connectivity index (χ1n) is 9.86. The molecule has 0 fully saturated rings. The number of benzene rings is 2. The fourth-order valence-electron chi connectivity index (χ4n) is 2.78. The van der Waals surface area contributed by atoms with Crippen molar-refractivity contribution in [2.24, 2.45) is 5.92 Å². The van der Waals surface area contributed by atoms with Crippen LogP contribution in [0.4, 0.5) is 0 Å². The minimum absolute atomic E-state index is 0.113. The van der Waals surface area contributed by atoms with Gasteiger partial charge in [-0.2, -0.15) is 0 Å². The molecular weight excluding hydrogens is 432 g/mol. The van der Waals surface area contributed by atoms with Crippen LogP contribution in [0.3, 0.4) is 0 Å². The topological polar surface area (TPSA) is 58.6 Å². The zero-order valence-corrected chi connectivity index (χ0v) is 18.8. The Bertz CT molecular complexity index is 778. The molecule has 0 saturated heterocycles. The largest absolute Gasteiger partial charge is 0.484 e. The second-order valence-corrected chi connectivity index (χ2v) is 8.30. The first kappa shape index (κ1) is 22.9. The molecule has 0 aliphatic rings. The lowest BCUT2D eigenvalue weighted by Crippen LogP contribution is -2.50. The van der Waals surface area contributed by atoms with Gasteiger partial charge in [0.2, 0.25) is 5.91 Å². The van der Waals surface area contributed by atoms with Gasteiger partial charge < -0.3 is 15.0 Å². The predicted molar refractivity (Wildman–Crippen MR) is 119 cm³/mol. The second kappa shape index (κ2) is 11.6. The summed E-state index contributed by atoms with van der Waals surface area (Å²) >= 11 is 3.38. The molecule has 0 radical (unpaired) electrons. The van der Waals surface area contributed by atoms with Crippen molar-refractivity contribution in [2.45, 2.75) is 33.2 Å². The minimum Gasteiger partial charge on any atom is -0.484 e. The lowest BCUT2D eigenvalue weighted by Gasteiger charge is -2.29. The Morgan fingerprint density at radius 2 is 1.69 bits per heavy atom.